The Hall–Kier alpha value is -1.53. The molecular formula is C16H21F2NO3. The molecule has 1 atom stereocenters. The second-order valence-electron chi connectivity index (χ2n) is 5.93. The molecule has 0 saturated carbocycles. The van der Waals surface area contributed by atoms with E-state index < -0.39 is 23.1 Å². The number of amides is 1. The van der Waals surface area contributed by atoms with Gasteiger partial charge in [-0.25, -0.2) is 8.78 Å². The second-order valence-corrected chi connectivity index (χ2v) is 5.93. The fourth-order valence-electron chi connectivity index (χ4n) is 2.80. The van der Waals surface area contributed by atoms with Gasteiger partial charge in [-0.05, 0) is 25.8 Å². The molecule has 1 unspecified atom stereocenters. The number of ether oxygens (including phenoxy) is 1. The van der Waals surface area contributed by atoms with Crippen LogP contribution in [0.15, 0.2) is 18.2 Å². The summed E-state index contributed by atoms with van der Waals surface area (Å²) in [4.78, 5) is 13.8. The Balaban J connectivity index is 2.07. The summed E-state index contributed by atoms with van der Waals surface area (Å²) in [6.45, 7) is 2.50. The smallest absolute Gasteiger partial charge is 0.254 e. The van der Waals surface area contributed by atoms with E-state index >= 15 is 0 Å². The minimum absolute atomic E-state index is 0.0235. The van der Waals surface area contributed by atoms with Crippen LogP contribution in [0.1, 0.15) is 25.3 Å². The van der Waals surface area contributed by atoms with Crippen LogP contribution < -0.4 is 0 Å². The zero-order valence-corrected chi connectivity index (χ0v) is 12.8. The number of hydrogen-bond donors (Lipinski definition) is 1. The van der Waals surface area contributed by atoms with Crippen molar-refractivity contribution in [3.63, 3.8) is 0 Å². The van der Waals surface area contributed by atoms with Crippen LogP contribution >= 0.6 is 0 Å². The fraction of sp³-hybridized carbons (Fsp3) is 0.562. The van der Waals surface area contributed by atoms with E-state index in [0.717, 1.165) is 12.1 Å². The number of rotatable bonds is 4. The first-order valence-corrected chi connectivity index (χ1v) is 7.32. The molecule has 1 N–H and O–H groups in total. The maximum absolute atomic E-state index is 13.7. The number of carbonyl (C=O) groups excluding carboxylic acids is 1. The number of benzene rings is 1. The van der Waals surface area contributed by atoms with Gasteiger partial charge in [-0.2, -0.15) is 0 Å². The van der Waals surface area contributed by atoms with Crippen LogP contribution in [0.2, 0.25) is 0 Å². The van der Waals surface area contributed by atoms with Crippen LogP contribution in [0, 0.1) is 17.6 Å². The summed E-state index contributed by atoms with van der Waals surface area (Å²) >= 11 is 0. The predicted molar refractivity (Wildman–Crippen MR) is 77.0 cm³/mol. The van der Waals surface area contributed by atoms with Crippen molar-refractivity contribution in [2.75, 3.05) is 20.3 Å². The first-order chi connectivity index (χ1) is 10.3. The van der Waals surface area contributed by atoms with E-state index in [2.05, 4.69) is 0 Å². The topological polar surface area (TPSA) is 49.8 Å². The molecule has 0 aliphatic carbocycles. The van der Waals surface area contributed by atoms with Crippen LogP contribution in [-0.4, -0.2) is 41.8 Å². The lowest BCUT2D eigenvalue weighted by atomic mass is 9.82. The molecule has 1 aliphatic heterocycles. The first kappa shape index (κ1) is 16.8. The molecule has 122 valence electrons. The Kier molecular flexibility index (Phi) is 5.13. The minimum Gasteiger partial charge on any atom is -0.381 e. The lowest BCUT2D eigenvalue weighted by molar-refractivity contribution is -0.158. The van der Waals surface area contributed by atoms with E-state index in [0.29, 0.717) is 26.1 Å². The summed E-state index contributed by atoms with van der Waals surface area (Å²) in [6.07, 6.45) is 1.22. The van der Waals surface area contributed by atoms with E-state index in [1.165, 1.54) is 24.9 Å². The van der Waals surface area contributed by atoms with Gasteiger partial charge in [-0.15, -0.1) is 0 Å². The Morgan fingerprint density at radius 3 is 2.64 bits per heavy atom. The molecule has 2 rings (SSSR count). The van der Waals surface area contributed by atoms with Crippen LogP contribution in [0.3, 0.4) is 0 Å². The van der Waals surface area contributed by atoms with Crippen LogP contribution in [0.5, 0.6) is 0 Å². The van der Waals surface area contributed by atoms with E-state index in [1.54, 1.807) is 0 Å². The van der Waals surface area contributed by atoms with Gasteiger partial charge in [0.25, 0.3) is 5.91 Å². The van der Waals surface area contributed by atoms with Crippen LogP contribution in [0.4, 0.5) is 8.78 Å². The molecule has 0 radical (unpaired) electrons. The summed E-state index contributed by atoms with van der Waals surface area (Å²) in [5.74, 6) is -2.02. The van der Waals surface area contributed by atoms with Gasteiger partial charge >= 0.3 is 0 Å². The highest BCUT2D eigenvalue weighted by Crippen LogP contribution is 2.29. The maximum atomic E-state index is 13.7. The molecule has 1 amide bonds. The normalized spacial score (nSPS) is 18.8. The standard InChI is InChI=1S/C16H21F2NO3/c1-16(21,12-5-7-22-8-6-12)15(20)19(2)10-11-3-4-13(17)9-14(11)18/h3-4,9,12,21H,5-8,10H2,1-2H3. The van der Waals surface area contributed by atoms with Gasteiger partial charge in [0.2, 0.25) is 0 Å². The number of carbonyl (C=O) groups is 1. The van der Waals surface area contributed by atoms with Crippen LogP contribution in [-0.2, 0) is 16.1 Å². The zero-order valence-electron chi connectivity index (χ0n) is 12.8. The van der Waals surface area contributed by atoms with Gasteiger partial charge in [-0.1, -0.05) is 6.07 Å². The molecule has 1 aromatic carbocycles. The number of halogens is 2. The Morgan fingerprint density at radius 2 is 2.05 bits per heavy atom. The van der Waals surface area contributed by atoms with Crippen LogP contribution in [0.25, 0.3) is 0 Å². The lowest BCUT2D eigenvalue weighted by Gasteiger charge is -2.36. The van der Waals surface area contributed by atoms with Gasteiger partial charge in [0.1, 0.15) is 17.2 Å². The Morgan fingerprint density at radius 1 is 1.41 bits per heavy atom. The number of aliphatic hydroxyl groups is 1. The quantitative estimate of drug-likeness (QED) is 0.926. The van der Waals surface area contributed by atoms with Crippen molar-refractivity contribution in [2.24, 2.45) is 5.92 Å². The van der Waals surface area contributed by atoms with Gasteiger partial charge < -0.3 is 14.7 Å². The minimum atomic E-state index is -1.52. The average molecular weight is 313 g/mol. The van der Waals surface area contributed by atoms with E-state index in [4.69, 9.17) is 4.74 Å². The molecule has 4 nitrogen and oxygen atoms in total. The van der Waals surface area contributed by atoms with Crippen molar-refractivity contribution in [1.29, 1.82) is 0 Å². The molecule has 0 aromatic heterocycles. The predicted octanol–water partition coefficient (Wildman–Crippen LogP) is 2.10. The largest absolute Gasteiger partial charge is 0.381 e. The molecule has 1 saturated heterocycles. The molecule has 0 spiro atoms. The third-order valence-corrected chi connectivity index (χ3v) is 4.22. The molecule has 1 fully saturated rings. The van der Waals surface area contributed by atoms with Crippen molar-refractivity contribution in [3.05, 3.63) is 35.4 Å². The summed E-state index contributed by atoms with van der Waals surface area (Å²) in [6, 6.07) is 3.23. The average Bonchev–Trinajstić information content (AvgIpc) is 2.50. The Bertz CT molecular complexity index is 542. The highest BCUT2D eigenvalue weighted by molar-refractivity contribution is 5.84. The van der Waals surface area contributed by atoms with Crippen molar-refractivity contribution in [2.45, 2.75) is 31.9 Å². The van der Waals surface area contributed by atoms with Gasteiger partial charge in [-0.3, -0.25) is 4.79 Å². The molecule has 6 heteroatoms. The maximum Gasteiger partial charge on any atom is 0.254 e. The van der Waals surface area contributed by atoms with E-state index in [9.17, 15) is 18.7 Å². The third kappa shape index (κ3) is 3.62. The fourth-order valence-corrected chi connectivity index (χ4v) is 2.80. The van der Waals surface area contributed by atoms with Gasteiger partial charge in [0, 0.05) is 44.4 Å². The number of nitrogens with zero attached hydrogens (tertiary/aromatic N) is 1. The molecule has 0 bridgehead atoms. The number of hydrogen-bond acceptors (Lipinski definition) is 3. The van der Waals surface area contributed by atoms with Crippen molar-refractivity contribution >= 4 is 5.91 Å². The van der Waals surface area contributed by atoms with E-state index in [1.807, 2.05) is 0 Å². The molecule has 1 aromatic rings. The third-order valence-electron chi connectivity index (χ3n) is 4.22. The Labute approximate surface area is 128 Å². The van der Waals surface area contributed by atoms with Gasteiger partial charge in [0.05, 0.1) is 0 Å². The number of likely N-dealkylation sites (N-methyl/N-ethyl adjacent to an activating group) is 1. The molecule has 1 aliphatic rings. The van der Waals surface area contributed by atoms with Crippen molar-refractivity contribution in [3.8, 4) is 0 Å². The van der Waals surface area contributed by atoms with Crippen molar-refractivity contribution in [1.82, 2.24) is 4.90 Å². The van der Waals surface area contributed by atoms with Gasteiger partial charge in [0.15, 0.2) is 0 Å². The lowest BCUT2D eigenvalue weighted by Crippen LogP contribution is -2.51. The highest BCUT2D eigenvalue weighted by atomic mass is 19.1. The molecular weight excluding hydrogens is 292 g/mol. The molecule has 22 heavy (non-hydrogen) atoms. The second kappa shape index (κ2) is 6.71. The SMILES string of the molecule is CN(Cc1ccc(F)cc1F)C(=O)C(C)(O)C1CCOCC1. The summed E-state index contributed by atoms with van der Waals surface area (Å²) < 4.78 is 31.8. The molecule has 1 heterocycles. The first-order valence-electron chi connectivity index (χ1n) is 7.32. The highest BCUT2D eigenvalue weighted by Gasteiger charge is 2.41. The summed E-state index contributed by atoms with van der Waals surface area (Å²) in [5.41, 5.74) is -1.31. The van der Waals surface area contributed by atoms with E-state index in [-0.39, 0.29) is 18.0 Å². The monoisotopic (exact) mass is 313 g/mol. The summed E-state index contributed by atoms with van der Waals surface area (Å²) in [5, 5.41) is 10.6. The zero-order chi connectivity index (χ0) is 16.3. The summed E-state index contributed by atoms with van der Waals surface area (Å²) in [7, 11) is 1.50. The van der Waals surface area contributed by atoms with Crippen molar-refractivity contribution < 1.29 is 23.4 Å².